The number of aromatic nitrogens is 1. The van der Waals surface area contributed by atoms with Crippen molar-refractivity contribution < 1.29 is 0 Å². The van der Waals surface area contributed by atoms with Crippen LogP contribution >= 0.6 is 0 Å². The molecule has 0 saturated heterocycles. The van der Waals surface area contributed by atoms with Crippen LogP contribution in [0.15, 0.2) is 12.1 Å². The van der Waals surface area contributed by atoms with Crippen LogP contribution in [0, 0.1) is 6.92 Å². The summed E-state index contributed by atoms with van der Waals surface area (Å²) in [6, 6.07) is 4.74. The minimum atomic E-state index is 0.515. The SMILES string of the molecule is CCNc1cc(CNC(C)C)cc(C)n1. The third kappa shape index (κ3) is 4.30. The predicted octanol–water partition coefficient (Wildman–Crippen LogP) is 2.32. The van der Waals surface area contributed by atoms with Gasteiger partial charge in [0.05, 0.1) is 0 Å². The Kier molecular flexibility index (Phi) is 4.56. The maximum Gasteiger partial charge on any atom is 0.126 e. The van der Waals surface area contributed by atoms with Crippen LogP contribution in [0.4, 0.5) is 5.82 Å². The topological polar surface area (TPSA) is 37.0 Å². The van der Waals surface area contributed by atoms with Gasteiger partial charge in [-0.1, -0.05) is 13.8 Å². The molecule has 0 aliphatic heterocycles. The van der Waals surface area contributed by atoms with E-state index in [1.807, 2.05) is 6.92 Å². The van der Waals surface area contributed by atoms with E-state index >= 15 is 0 Å². The molecule has 1 rings (SSSR count). The lowest BCUT2D eigenvalue weighted by molar-refractivity contribution is 0.588. The molecule has 1 aromatic heterocycles. The third-order valence-corrected chi connectivity index (χ3v) is 2.09. The number of rotatable bonds is 5. The summed E-state index contributed by atoms with van der Waals surface area (Å²) in [5.74, 6) is 0.970. The molecule has 0 amide bonds. The molecule has 1 aromatic rings. The molecule has 0 saturated carbocycles. The van der Waals surface area contributed by atoms with Gasteiger partial charge < -0.3 is 10.6 Å². The van der Waals surface area contributed by atoms with E-state index in [1.165, 1.54) is 5.56 Å². The Balaban J connectivity index is 2.70. The van der Waals surface area contributed by atoms with E-state index in [1.54, 1.807) is 0 Å². The van der Waals surface area contributed by atoms with Gasteiger partial charge in [0.1, 0.15) is 5.82 Å². The van der Waals surface area contributed by atoms with Crippen molar-refractivity contribution in [2.75, 3.05) is 11.9 Å². The largest absolute Gasteiger partial charge is 0.370 e. The van der Waals surface area contributed by atoms with E-state index in [2.05, 4.69) is 48.5 Å². The predicted molar refractivity (Wildman–Crippen MR) is 65.1 cm³/mol. The van der Waals surface area contributed by atoms with E-state index in [9.17, 15) is 0 Å². The van der Waals surface area contributed by atoms with Crippen LogP contribution in [0.5, 0.6) is 0 Å². The van der Waals surface area contributed by atoms with E-state index in [0.29, 0.717) is 6.04 Å². The summed E-state index contributed by atoms with van der Waals surface area (Å²) in [6.07, 6.45) is 0. The summed E-state index contributed by atoms with van der Waals surface area (Å²) >= 11 is 0. The van der Waals surface area contributed by atoms with E-state index < -0.39 is 0 Å². The van der Waals surface area contributed by atoms with Gasteiger partial charge in [-0.3, -0.25) is 0 Å². The number of anilines is 1. The molecule has 2 N–H and O–H groups in total. The Labute approximate surface area is 92.3 Å². The fourth-order valence-corrected chi connectivity index (χ4v) is 1.44. The van der Waals surface area contributed by atoms with Crippen molar-refractivity contribution in [3.8, 4) is 0 Å². The first-order valence-electron chi connectivity index (χ1n) is 5.56. The van der Waals surface area contributed by atoms with Crippen molar-refractivity contribution in [2.45, 2.75) is 40.3 Å². The molecule has 15 heavy (non-hydrogen) atoms. The molecule has 0 spiro atoms. The molecule has 3 nitrogen and oxygen atoms in total. The third-order valence-electron chi connectivity index (χ3n) is 2.09. The van der Waals surface area contributed by atoms with Crippen LogP contribution < -0.4 is 10.6 Å². The zero-order valence-corrected chi connectivity index (χ0v) is 10.1. The Bertz CT molecular complexity index is 308. The van der Waals surface area contributed by atoms with Crippen molar-refractivity contribution in [1.82, 2.24) is 10.3 Å². The number of aryl methyl sites for hydroxylation is 1. The average Bonchev–Trinajstić information content (AvgIpc) is 2.14. The molecule has 0 aliphatic rings. The van der Waals surface area contributed by atoms with Gasteiger partial charge in [0, 0.05) is 24.8 Å². The second kappa shape index (κ2) is 5.71. The average molecular weight is 207 g/mol. The van der Waals surface area contributed by atoms with Gasteiger partial charge in [-0.25, -0.2) is 4.98 Å². The minimum Gasteiger partial charge on any atom is -0.370 e. The summed E-state index contributed by atoms with van der Waals surface area (Å²) in [4.78, 5) is 4.41. The monoisotopic (exact) mass is 207 g/mol. The van der Waals surface area contributed by atoms with Gasteiger partial charge in [-0.05, 0) is 31.5 Å². The molecule has 0 aliphatic carbocycles. The normalized spacial score (nSPS) is 10.7. The van der Waals surface area contributed by atoms with Crippen molar-refractivity contribution in [3.05, 3.63) is 23.4 Å². The van der Waals surface area contributed by atoms with Crippen molar-refractivity contribution >= 4 is 5.82 Å². The molecule has 0 unspecified atom stereocenters. The smallest absolute Gasteiger partial charge is 0.126 e. The first-order valence-corrected chi connectivity index (χ1v) is 5.56. The Hall–Kier alpha value is -1.09. The molecule has 1 heterocycles. The standard InChI is InChI=1S/C12H21N3/c1-5-13-12-7-11(6-10(4)15-12)8-14-9(2)3/h6-7,9,14H,5,8H2,1-4H3,(H,13,15). The van der Waals surface area contributed by atoms with Gasteiger partial charge in [0.25, 0.3) is 0 Å². The summed E-state index contributed by atoms with van der Waals surface area (Å²) < 4.78 is 0. The summed E-state index contributed by atoms with van der Waals surface area (Å²) in [5.41, 5.74) is 2.35. The fourth-order valence-electron chi connectivity index (χ4n) is 1.44. The molecule has 0 bridgehead atoms. The molecule has 3 heteroatoms. The highest BCUT2D eigenvalue weighted by Gasteiger charge is 2.00. The Morgan fingerprint density at radius 2 is 2.07 bits per heavy atom. The van der Waals surface area contributed by atoms with E-state index in [-0.39, 0.29) is 0 Å². The molecular formula is C12H21N3. The van der Waals surface area contributed by atoms with Gasteiger partial charge in [-0.2, -0.15) is 0 Å². The summed E-state index contributed by atoms with van der Waals surface area (Å²) in [5, 5.41) is 6.64. The molecule has 0 fully saturated rings. The highest BCUT2D eigenvalue weighted by atomic mass is 15.0. The molecule has 84 valence electrons. The molecule has 0 radical (unpaired) electrons. The Morgan fingerprint density at radius 3 is 2.67 bits per heavy atom. The minimum absolute atomic E-state index is 0.515. The summed E-state index contributed by atoms with van der Waals surface area (Å²) in [6.45, 7) is 10.2. The maximum atomic E-state index is 4.41. The first kappa shape index (κ1) is 12.0. The van der Waals surface area contributed by atoms with Crippen LogP contribution in [0.2, 0.25) is 0 Å². The highest BCUT2D eigenvalue weighted by molar-refractivity contribution is 5.39. The van der Waals surface area contributed by atoms with Crippen LogP contribution in [-0.4, -0.2) is 17.6 Å². The summed E-state index contributed by atoms with van der Waals surface area (Å²) in [7, 11) is 0. The number of pyridine rings is 1. The van der Waals surface area contributed by atoms with Crippen LogP contribution in [0.3, 0.4) is 0 Å². The molecule has 0 atom stereocenters. The zero-order chi connectivity index (χ0) is 11.3. The van der Waals surface area contributed by atoms with Crippen LogP contribution in [-0.2, 0) is 6.54 Å². The van der Waals surface area contributed by atoms with Crippen LogP contribution in [0.25, 0.3) is 0 Å². The number of nitrogens with one attached hydrogen (secondary N) is 2. The Morgan fingerprint density at radius 1 is 1.33 bits per heavy atom. The number of nitrogens with zero attached hydrogens (tertiary/aromatic N) is 1. The van der Waals surface area contributed by atoms with E-state index in [4.69, 9.17) is 0 Å². The second-order valence-electron chi connectivity index (χ2n) is 4.07. The van der Waals surface area contributed by atoms with Gasteiger partial charge >= 0.3 is 0 Å². The maximum absolute atomic E-state index is 4.41. The van der Waals surface area contributed by atoms with E-state index in [0.717, 1.165) is 24.6 Å². The van der Waals surface area contributed by atoms with Crippen molar-refractivity contribution in [2.24, 2.45) is 0 Å². The van der Waals surface area contributed by atoms with Crippen molar-refractivity contribution in [1.29, 1.82) is 0 Å². The van der Waals surface area contributed by atoms with Crippen molar-refractivity contribution in [3.63, 3.8) is 0 Å². The van der Waals surface area contributed by atoms with Gasteiger partial charge in [-0.15, -0.1) is 0 Å². The molecule has 0 aromatic carbocycles. The lowest BCUT2D eigenvalue weighted by Crippen LogP contribution is -2.22. The zero-order valence-electron chi connectivity index (χ0n) is 10.1. The fraction of sp³-hybridized carbons (Fsp3) is 0.583. The second-order valence-corrected chi connectivity index (χ2v) is 4.07. The number of hydrogen-bond donors (Lipinski definition) is 2. The van der Waals surface area contributed by atoms with Gasteiger partial charge in [0.15, 0.2) is 0 Å². The number of hydrogen-bond acceptors (Lipinski definition) is 3. The quantitative estimate of drug-likeness (QED) is 0.778. The highest BCUT2D eigenvalue weighted by Crippen LogP contribution is 2.09. The van der Waals surface area contributed by atoms with Gasteiger partial charge in [0.2, 0.25) is 0 Å². The lowest BCUT2D eigenvalue weighted by Gasteiger charge is -2.10. The first-order chi connectivity index (χ1) is 7.11. The molecular weight excluding hydrogens is 186 g/mol. The van der Waals surface area contributed by atoms with Crippen LogP contribution in [0.1, 0.15) is 32.0 Å². The lowest BCUT2D eigenvalue weighted by atomic mass is 10.2.